The lowest BCUT2D eigenvalue weighted by Gasteiger charge is -2.15. The number of likely N-dealkylation sites (N-methyl/N-ethyl adjacent to an activating group) is 1. The van der Waals surface area contributed by atoms with E-state index in [2.05, 4.69) is 16.0 Å². The summed E-state index contributed by atoms with van der Waals surface area (Å²) in [4.78, 5) is 24.6. The summed E-state index contributed by atoms with van der Waals surface area (Å²) in [6, 6.07) is 7.15. The molecule has 0 unspecified atom stereocenters. The Balaban J connectivity index is 2.10. The van der Waals surface area contributed by atoms with Crippen LogP contribution in [-0.2, 0) is 4.79 Å². The predicted molar refractivity (Wildman–Crippen MR) is 69.7 cm³/mol. The van der Waals surface area contributed by atoms with Gasteiger partial charge in [0, 0.05) is 24.5 Å². The zero-order chi connectivity index (χ0) is 13.0. The van der Waals surface area contributed by atoms with Crippen molar-refractivity contribution in [2.24, 2.45) is 0 Å². The van der Waals surface area contributed by atoms with Crippen molar-refractivity contribution in [1.82, 2.24) is 10.6 Å². The number of hydrogen-bond donors (Lipinski definition) is 3. The maximum absolute atomic E-state index is 11.5. The zero-order valence-electron chi connectivity index (χ0n) is 10.2. The number of rotatable bonds is 4. The zero-order valence-corrected chi connectivity index (χ0v) is 10.2. The molecule has 2 rings (SSSR count). The van der Waals surface area contributed by atoms with Gasteiger partial charge in [-0.3, -0.25) is 9.69 Å². The average molecular weight is 248 g/mol. The molecule has 1 aromatic rings. The van der Waals surface area contributed by atoms with Crippen LogP contribution in [0.4, 0.5) is 16.2 Å². The van der Waals surface area contributed by atoms with Crippen LogP contribution in [0.15, 0.2) is 24.3 Å². The first-order valence-electron chi connectivity index (χ1n) is 5.80. The normalized spacial score (nSPS) is 14.5. The fourth-order valence-corrected chi connectivity index (χ4v) is 1.84. The van der Waals surface area contributed by atoms with Crippen LogP contribution in [-0.4, -0.2) is 38.6 Å². The van der Waals surface area contributed by atoms with Gasteiger partial charge < -0.3 is 16.0 Å². The number of hydrogen-bond acceptors (Lipinski definition) is 3. The summed E-state index contributed by atoms with van der Waals surface area (Å²) in [6.07, 6.45) is 0. The maximum Gasteiger partial charge on any atom is 0.321 e. The molecular formula is C12H16N4O2. The van der Waals surface area contributed by atoms with E-state index < -0.39 is 0 Å². The molecule has 18 heavy (non-hydrogen) atoms. The minimum Gasteiger partial charge on any atom is -0.336 e. The largest absolute Gasteiger partial charge is 0.336 e. The van der Waals surface area contributed by atoms with Crippen molar-refractivity contribution in [2.45, 2.75) is 0 Å². The van der Waals surface area contributed by atoms with Gasteiger partial charge in [0.25, 0.3) is 0 Å². The SMILES string of the molecule is CNCC(=O)Nc1cccc(N2CCNC2=O)c1. The third-order valence-electron chi connectivity index (χ3n) is 2.64. The number of urea groups is 1. The molecule has 1 aliphatic rings. The van der Waals surface area contributed by atoms with Crippen LogP contribution in [0.3, 0.4) is 0 Å². The Morgan fingerprint density at radius 1 is 1.50 bits per heavy atom. The fourth-order valence-electron chi connectivity index (χ4n) is 1.84. The molecule has 1 heterocycles. The molecule has 0 spiro atoms. The molecule has 0 aromatic heterocycles. The molecule has 6 nitrogen and oxygen atoms in total. The van der Waals surface area contributed by atoms with E-state index in [4.69, 9.17) is 0 Å². The van der Waals surface area contributed by atoms with E-state index in [-0.39, 0.29) is 18.5 Å². The van der Waals surface area contributed by atoms with E-state index >= 15 is 0 Å². The van der Waals surface area contributed by atoms with Crippen LogP contribution < -0.4 is 20.9 Å². The van der Waals surface area contributed by atoms with Crippen molar-refractivity contribution in [2.75, 3.05) is 36.9 Å². The topological polar surface area (TPSA) is 73.5 Å². The molecule has 0 aliphatic carbocycles. The first-order chi connectivity index (χ1) is 8.70. The lowest BCUT2D eigenvalue weighted by Crippen LogP contribution is -2.28. The summed E-state index contributed by atoms with van der Waals surface area (Å²) >= 11 is 0. The first-order valence-corrected chi connectivity index (χ1v) is 5.80. The second-order valence-corrected chi connectivity index (χ2v) is 4.01. The molecule has 96 valence electrons. The molecule has 3 N–H and O–H groups in total. The van der Waals surface area contributed by atoms with Crippen LogP contribution >= 0.6 is 0 Å². The highest BCUT2D eigenvalue weighted by molar-refractivity contribution is 5.96. The summed E-state index contributed by atoms with van der Waals surface area (Å²) in [5.41, 5.74) is 1.47. The van der Waals surface area contributed by atoms with Gasteiger partial charge in [-0.1, -0.05) is 6.07 Å². The second-order valence-electron chi connectivity index (χ2n) is 4.01. The average Bonchev–Trinajstić information content (AvgIpc) is 2.76. The molecule has 1 fully saturated rings. The Morgan fingerprint density at radius 2 is 2.33 bits per heavy atom. The lowest BCUT2D eigenvalue weighted by molar-refractivity contribution is -0.115. The van der Waals surface area contributed by atoms with Crippen LogP contribution in [0, 0.1) is 0 Å². The highest BCUT2D eigenvalue weighted by atomic mass is 16.2. The Labute approximate surface area is 105 Å². The van der Waals surface area contributed by atoms with E-state index in [1.54, 1.807) is 24.1 Å². The van der Waals surface area contributed by atoms with E-state index in [1.165, 1.54) is 0 Å². The summed E-state index contributed by atoms with van der Waals surface area (Å²) in [6.45, 7) is 1.55. The second kappa shape index (κ2) is 5.50. The lowest BCUT2D eigenvalue weighted by atomic mass is 10.2. The van der Waals surface area contributed by atoms with Crippen molar-refractivity contribution in [3.63, 3.8) is 0 Å². The van der Waals surface area contributed by atoms with Gasteiger partial charge in [0.1, 0.15) is 0 Å². The number of nitrogens with one attached hydrogen (secondary N) is 3. The molecule has 0 atom stereocenters. The van der Waals surface area contributed by atoms with Gasteiger partial charge in [-0.2, -0.15) is 0 Å². The third-order valence-corrected chi connectivity index (χ3v) is 2.64. The van der Waals surface area contributed by atoms with Gasteiger partial charge >= 0.3 is 6.03 Å². The van der Waals surface area contributed by atoms with Crippen molar-refractivity contribution in [3.05, 3.63) is 24.3 Å². The highest BCUT2D eigenvalue weighted by Crippen LogP contribution is 2.20. The Hall–Kier alpha value is -2.08. The molecular weight excluding hydrogens is 232 g/mol. The van der Waals surface area contributed by atoms with Crippen molar-refractivity contribution >= 4 is 23.3 Å². The molecule has 3 amide bonds. The van der Waals surface area contributed by atoms with E-state index in [0.29, 0.717) is 18.8 Å². The van der Waals surface area contributed by atoms with Crippen LogP contribution in [0.5, 0.6) is 0 Å². The molecule has 1 aromatic carbocycles. The quantitative estimate of drug-likeness (QED) is 0.721. The highest BCUT2D eigenvalue weighted by Gasteiger charge is 2.21. The van der Waals surface area contributed by atoms with Crippen molar-refractivity contribution < 1.29 is 9.59 Å². The summed E-state index contributed by atoms with van der Waals surface area (Å²) in [7, 11) is 1.71. The first kappa shape index (κ1) is 12.4. The van der Waals surface area contributed by atoms with E-state index in [1.807, 2.05) is 12.1 Å². The van der Waals surface area contributed by atoms with Crippen molar-refractivity contribution in [3.8, 4) is 0 Å². The maximum atomic E-state index is 11.5. The third kappa shape index (κ3) is 2.78. The Morgan fingerprint density at radius 3 is 3.00 bits per heavy atom. The van der Waals surface area contributed by atoms with Gasteiger partial charge in [-0.25, -0.2) is 4.79 Å². The number of anilines is 2. The molecule has 1 saturated heterocycles. The van der Waals surface area contributed by atoms with Crippen LogP contribution in [0.25, 0.3) is 0 Å². The molecule has 0 radical (unpaired) electrons. The summed E-state index contributed by atoms with van der Waals surface area (Å²) in [5, 5.41) is 8.28. The number of nitrogens with zero attached hydrogens (tertiary/aromatic N) is 1. The van der Waals surface area contributed by atoms with Crippen molar-refractivity contribution in [1.29, 1.82) is 0 Å². The minimum atomic E-state index is -0.111. The number of carbonyl (C=O) groups is 2. The number of benzene rings is 1. The van der Waals surface area contributed by atoms with Gasteiger partial charge in [0.2, 0.25) is 5.91 Å². The van der Waals surface area contributed by atoms with E-state index in [0.717, 1.165) is 5.69 Å². The van der Waals surface area contributed by atoms with Crippen LogP contribution in [0.1, 0.15) is 0 Å². The number of amides is 3. The summed E-state index contributed by atoms with van der Waals surface area (Å²) < 4.78 is 0. The monoisotopic (exact) mass is 248 g/mol. The molecule has 0 saturated carbocycles. The molecule has 6 heteroatoms. The summed E-state index contributed by atoms with van der Waals surface area (Å²) in [5.74, 6) is -0.111. The van der Waals surface area contributed by atoms with E-state index in [9.17, 15) is 9.59 Å². The van der Waals surface area contributed by atoms with Crippen LogP contribution in [0.2, 0.25) is 0 Å². The smallest absolute Gasteiger partial charge is 0.321 e. The van der Waals surface area contributed by atoms with Gasteiger partial charge in [-0.15, -0.1) is 0 Å². The number of carbonyl (C=O) groups excluding carboxylic acids is 2. The van der Waals surface area contributed by atoms with Gasteiger partial charge in [-0.05, 0) is 25.2 Å². The molecule has 0 bridgehead atoms. The Kier molecular flexibility index (Phi) is 3.78. The van der Waals surface area contributed by atoms with Gasteiger partial charge in [0.15, 0.2) is 0 Å². The minimum absolute atomic E-state index is 0.103. The Bertz CT molecular complexity index is 461. The standard InChI is InChI=1S/C12H16N4O2/c1-13-8-11(17)15-9-3-2-4-10(7-9)16-6-5-14-12(16)18/h2-4,7,13H,5-6,8H2,1H3,(H,14,18)(H,15,17). The van der Waals surface area contributed by atoms with Gasteiger partial charge in [0.05, 0.1) is 6.54 Å². The molecule has 1 aliphatic heterocycles. The predicted octanol–water partition coefficient (Wildman–Crippen LogP) is 0.374. The fraction of sp³-hybridized carbons (Fsp3) is 0.333.